The molecule has 0 N–H and O–H groups in total. The van der Waals surface area contributed by atoms with Gasteiger partial charge in [-0.15, -0.1) is 0 Å². The highest BCUT2D eigenvalue weighted by atomic mass is 35.5. The maximum Gasteiger partial charge on any atom is -0.00296 e. The Bertz CT molecular complexity index is 37.8. The zero-order valence-electron chi connectivity index (χ0n) is 6.49. The van der Waals surface area contributed by atoms with Gasteiger partial charge in [0.05, 0.1) is 0 Å². The third-order valence-corrected chi connectivity index (χ3v) is 0.957. The van der Waals surface area contributed by atoms with Crippen molar-refractivity contribution in [1.29, 1.82) is 0 Å². The first-order valence-electron chi connectivity index (χ1n) is 3.54. The molecule has 0 rings (SSSR count). The molecule has 0 aliphatic carbocycles. The Labute approximate surface area is 63.9 Å². The lowest BCUT2D eigenvalue weighted by molar-refractivity contribution is 0.702. The van der Waals surface area contributed by atoms with E-state index in [4.69, 9.17) is 11.6 Å². The van der Waals surface area contributed by atoms with Gasteiger partial charge in [-0.3, -0.25) is 0 Å². The van der Waals surface area contributed by atoms with Crippen molar-refractivity contribution < 1.29 is 0 Å². The summed E-state index contributed by atoms with van der Waals surface area (Å²) in [7, 11) is 0. The van der Waals surface area contributed by atoms with Crippen LogP contribution in [0.25, 0.3) is 0 Å². The number of unbranched alkanes of at least 4 members (excludes halogenated alkanes) is 3. The lowest BCUT2D eigenvalue weighted by Crippen LogP contribution is -1.66. The van der Waals surface area contributed by atoms with E-state index in [-0.39, 0.29) is 0 Å². The smallest absolute Gasteiger partial charge is 0.00296 e. The molecular formula is C8H17Cl. The molecule has 0 aliphatic heterocycles. The molecule has 1 heteroatoms. The first-order valence-corrected chi connectivity index (χ1v) is 3.98. The second kappa shape index (κ2) is 15.7. The van der Waals surface area contributed by atoms with Gasteiger partial charge < -0.3 is 0 Å². The first-order chi connectivity index (χ1) is 4.33. The molecule has 0 amide bonds. The summed E-state index contributed by atoms with van der Waals surface area (Å²) in [4.78, 5) is 0. The molecule has 9 heavy (non-hydrogen) atoms. The maximum absolute atomic E-state index is 4.76. The van der Waals surface area contributed by atoms with Gasteiger partial charge in [0.25, 0.3) is 0 Å². The van der Waals surface area contributed by atoms with Crippen LogP contribution in [-0.4, -0.2) is 0 Å². The van der Waals surface area contributed by atoms with Crippen LogP contribution < -0.4 is 0 Å². The van der Waals surface area contributed by atoms with E-state index in [9.17, 15) is 0 Å². The lowest BCUT2D eigenvalue weighted by atomic mass is 10.2. The van der Waals surface area contributed by atoms with Crippen molar-refractivity contribution in [1.82, 2.24) is 0 Å². The molecule has 0 saturated carbocycles. The molecule has 0 aromatic heterocycles. The minimum absolute atomic E-state index is 1.22. The van der Waals surface area contributed by atoms with Crippen molar-refractivity contribution >= 4 is 11.6 Å². The Kier molecular flexibility index (Phi) is 20.5. The van der Waals surface area contributed by atoms with E-state index in [2.05, 4.69) is 20.4 Å². The molecule has 0 aromatic carbocycles. The van der Waals surface area contributed by atoms with E-state index in [1.807, 2.05) is 0 Å². The summed E-state index contributed by atoms with van der Waals surface area (Å²) in [5, 5.41) is 0. The van der Waals surface area contributed by atoms with Crippen LogP contribution in [0.3, 0.4) is 0 Å². The quantitative estimate of drug-likeness (QED) is 0.532. The molecule has 0 unspecified atom stereocenters. The Morgan fingerprint density at radius 2 is 1.44 bits per heavy atom. The minimum Gasteiger partial charge on any atom is -0.0936 e. The van der Waals surface area contributed by atoms with Gasteiger partial charge in [0, 0.05) is 0 Å². The van der Waals surface area contributed by atoms with E-state index in [0.717, 1.165) is 0 Å². The van der Waals surface area contributed by atoms with Crippen molar-refractivity contribution in [2.24, 2.45) is 0 Å². The molecular weight excluding hydrogens is 132 g/mol. The van der Waals surface area contributed by atoms with E-state index in [0.29, 0.717) is 0 Å². The van der Waals surface area contributed by atoms with Gasteiger partial charge in [-0.2, -0.15) is 0 Å². The average Bonchev–Trinajstić information content (AvgIpc) is 1.86. The number of halogens is 1. The molecule has 0 aromatic rings. The monoisotopic (exact) mass is 148 g/mol. The number of hydrogen-bond donors (Lipinski definition) is 0. The highest BCUT2D eigenvalue weighted by Gasteiger charge is 1.75. The van der Waals surface area contributed by atoms with Gasteiger partial charge in [-0.25, -0.2) is 0 Å². The van der Waals surface area contributed by atoms with Gasteiger partial charge in [0.15, 0.2) is 0 Å². The van der Waals surface area contributed by atoms with E-state index in [1.165, 1.54) is 31.2 Å². The predicted molar refractivity (Wildman–Crippen MR) is 45.9 cm³/mol. The van der Waals surface area contributed by atoms with Crippen LogP contribution >= 0.6 is 11.6 Å². The summed E-state index contributed by atoms with van der Waals surface area (Å²) in [6.45, 7) is 7.59. The van der Waals surface area contributed by atoms with Crippen molar-refractivity contribution in [3.05, 3.63) is 12.1 Å². The molecule has 0 heterocycles. The van der Waals surface area contributed by atoms with Crippen LogP contribution in [0.2, 0.25) is 0 Å². The molecule has 0 nitrogen and oxygen atoms in total. The molecule has 0 saturated heterocycles. The van der Waals surface area contributed by atoms with Crippen molar-refractivity contribution in [3.63, 3.8) is 0 Å². The van der Waals surface area contributed by atoms with Gasteiger partial charge in [0.1, 0.15) is 0 Å². The van der Waals surface area contributed by atoms with E-state index < -0.39 is 0 Å². The lowest BCUT2D eigenvalue weighted by Gasteiger charge is -1.86. The van der Waals surface area contributed by atoms with Crippen molar-refractivity contribution in [2.45, 2.75) is 39.5 Å². The topological polar surface area (TPSA) is 0 Å². The molecule has 56 valence electrons. The van der Waals surface area contributed by atoms with Gasteiger partial charge in [-0.1, -0.05) is 57.7 Å². The molecule has 0 fully saturated rings. The average molecular weight is 149 g/mol. The second-order valence-electron chi connectivity index (χ2n) is 1.86. The Hall–Kier alpha value is 0.0300. The number of hydrogen-bond acceptors (Lipinski definition) is 0. The van der Waals surface area contributed by atoms with Crippen LogP contribution in [0.4, 0.5) is 0 Å². The summed E-state index contributed by atoms with van der Waals surface area (Å²) in [6, 6.07) is 0. The Morgan fingerprint density at radius 3 is 1.56 bits per heavy atom. The van der Waals surface area contributed by atoms with Gasteiger partial charge >= 0.3 is 0 Å². The fourth-order valence-electron chi connectivity index (χ4n) is 0.500. The SMILES string of the molecule is C=CCl.CCCCCC. The summed E-state index contributed by atoms with van der Waals surface area (Å²) in [6.07, 6.45) is 5.54. The minimum atomic E-state index is 1.22. The zero-order chi connectivity index (χ0) is 7.54. The number of rotatable bonds is 3. The Balaban J connectivity index is 0. The van der Waals surface area contributed by atoms with E-state index in [1.54, 1.807) is 0 Å². The van der Waals surface area contributed by atoms with Gasteiger partial charge in [-0.05, 0) is 5.54 Å². The third kappa shape index (κ3) is 31.8. The fourth-order valence-corrected chi connectivity index (χ4v) is 0.500. The summed E-state index contributed by atoms with van der Waals surface area (Å²) in [5.74, 6) is 0. The molecule has 0 radical (unpaired) electrons. The van der Waals surface area contributed by atoms with Crippen molar-refractivity contribution in [3.8, 4) is 0 Å². The standard InChI is InChI=1S/C6H14.C2H3Cl/c1-3-5-6-4-2;1-2-3/h3-6H2,1-2H3;2H,1H2. The third-order valence-electron chi connectivity index (χ3n) is 0.957. The van der Waals surface area contributed by atoms with Crippen molar-refractivity contribution in [2.75, 3.05) is 0 Å². The molecule has 0 atom stereocenters. The molecule has 0 spiro atoms. The zero-order valence-corrected chi connectivity index (χ0v) is 7.25. The summed E-state index contributed by atoms with van der Waals surface area (Å²) in [5.41, 5.74) is 1.22. The van der Waals surface area contributed by atoms with Gasteiger partial charge in [0.2, 0.25) is 0 Å². The van der Waals surface area contributed by atoms with Crippen LogP contribution in [0, 0.1) is 0 Å². The fraction of sp³-hybridized carbons (Fsp3) is 0.750. The summed E-state index contributed by atoms with van der Waals surface area (Å²) < 4.78 is 0. The van der Waals surface area contributed by atoms with Crippen LogP contribution in [0.1, 0.15) is 39.5 Å². The van der Waals surface area contributed by atoms with Crippen LogP contribution in [-0.2, 0) is 0 Å². The highest BCUT2D eigenvalue weighted by molar-refractivity contribution is 6.25. The second-order valence-corrected chi connectivity index (χ2v) is 2.17. The normalized spacial score (nSPS) is 7.44. The molecule has 0 bridgehead atoms. The largest absolute Gasteiger partial charge is 0.0936 e. The Morgan fingerprint density at radius 1 is 1.22 bits per heavy atom. The highest BCUT2D eigenvalue weighted by Crippen LogP contribution is 1.95. The summed E-state index contributed by atoms with van der Waals surface area (Å²) >= 11 is 4.76. The first kappa shape index (κ1) is 11.8. The predicted octanol–water partition coefficient (Wildman–Crippen LogP) is 3.96. The van der Waals surface area contributed by atoms with E-state index >= 15 is 0 Å². The molecule has 0 aliphatic rings. The van der Waals surface area contributed by atoms with Crippen LogP contribution in [0.5, 0.6) is 0 Å². The maximum atomic E-state index is 4.76. The van der Waals surface area contributed by atoms with Crippen LogP contribution in [0.15, 0.2) is 12.1 Å².